The van der Waals surface area contributed by atoms with Gasteiger partial charge < -0.3 is 42.0 Å². The van der Waals surface area contributed by atoms with Crippen molar-refractivity contribution in [1.29, 1.82) is 0 Å². The summed E-state index contributed by atoms with van der Waals surface area (Å²) in [6.07, 6.45) is 1.38. The number of amides is 3. The summed E-state index contributed by atoms with van der Waals surface area (Å²) in [5, 5.41) is 36.5. The van der Waals surface area contributed by atoms with Gasteiger partial charge in [-0.2, -0.15) is 0 Å². The summed E-state index contributed by atoms with van der Waals surface area (Å²) in [5.41, 5.74) is 8.19. The zero-order chi connectivity index (χ0) is 31.7. The van der Waals surface area contributed by atoms with Crippen molar-refractivity contribution in [1.82, 2.24) is 20.9 Å². The van der Waals surface area contributed by atoms with E-state index in [1.165, 1.54) is 24.3 Å². The van der Waals surface area contributed by atoms with Crippen molar-refractivity contribution >= 4 is 40.6 Å². The molecule has 230 valence electrons. The van der Waals surface area contributed by atoms with Crippen LogP contribution in [0, 0.1) is 5.92 Å². The number of carbonyl (C=O) groups excluding carboxylic acids is 3. The lowest BCUT2D eigenvalue weighted by atomic mass is 9.98. The van der Waals surface area contributed by atoms with Gasteiger partial charge in [0.2, 0.25) is 17.7 Å². The van der Waals surface area contributed by atoms with E-state index in [4.69, 9.17) is 10.8 Å². The summed E-state index contributed by atoms with van der Waals surface area (Å²) in [6, 6.07) is 8.02. The number of aromatic amines is 1. The summed E-state index contributed by atoms with van der Waals surface area (Å²) < 4.78 is 0. The average Bonchev–Trinajstić information content (AvgIpc) is 3.38. The second kappa shape index (κ2) is 14.8. The number of rotatable bonds is 15. The molecule has 3 amide bonds. The second-order valence-corrected chi connectivity index (χ2v) is 10.5. The van der Waals surface area contributed by atoms with Crippen molar-refractivity contribution in [2.24, 2.45) is 11.7 Å². The van der Waals surface area contributed by atoms with Gasteiger partial charge in [0.05, 0.1) is 12.5 Å². The fourth-order valence-electron chi connectivity index (χ4n) is 4.51. The molecule has 13 heteroatoms. The average molecular weight is 596 g/mol. The first-order valence-electron chi connectivity index (χ1n) is 13.8. The minimum absolute atomic E-state index is 0.0275. The third-order valence-corrected chi connectivity index (χ3v) is 7.29. The molecule has 9 N–H and O–H groups in total. The molecule has 0 aliphatic rings. The molecule has 13 nitrogen and oxygen atoms in total. The first kappa shape index (κ1) is 32.6. The molecular weight excluding hydrogens is 558 g/mol. The topological polar surface area (TPSA) is 224 Å². The third-order valence-electron chi connectivity index (χ3n) is 7.29. The van der Waals surface area contributed by atoms with Crippen molar-refractivity contribution in [3.63, 3.8) is 0 Å². The van der Waals surface area contributed by atoms with Crippen LogP contribution in [0.25, 0.3) is 10.9 Å². The first-order valence-corrected chi connectivity index (χ1v) is 13.8. The van der Waals surface area contributed by atoms with E-state index in [1.54, 1.807) is 6.20 Å². The number of carboxylic acids is 2. The number of nitrogens with two attached hydrogens (primary N) is 1. The van der Waals surface area contributed by atoms with E-state index in [1.807, 2.05) is 38.1 Å². The maximum atomic E-state index is 13.8. The molecule has 1 heterocycles. The van der Waals surface area contributed by atoms with Gasteiger partial charge in [-0.1, -0.05) is 50.6 Å². The number of aromatic hydroxyl groups is 1. The Morgan fingerprint density at radius 2 is 1.42 bits per heavy atom. The highest BCUT2D eigenvalue weighted by atomic mass is 16.4. The van der Waals surface area contributed by atoms with E-state index < -0.39 is 60.2 Å². The van der Waals surface area contributed by atoms with Crippen LogP contribution in [0.1, 0.15) is 37.8 Å². The SMILES string of the molecule is CCC(C)C(N)C(=O)NC(Cc1c[nH]c2ccccc12)C(=O)NC(Cc1ccc(O)cc1)C(=O)NC(CC(=O)O)C(=O)O. The number of para-hydroxylation sites is 1. The molecular formula is C30H37N5O8. The predicted molar refractivity (Wildman–Crippen MR) is 157 cm³/mol. The number of hydrogen-bond acceptors (Lipinski definition) is 7. The van der Waals surface area contributed by atoms with Crippen LogP contribution in [-0.4, -0.2) is 74.1 Å². The maximum absolute atomic E-state index is 13.8. The smallest absolute Gasteiger partial charge is 0.326 e. The van der Waals surface area contributed by atoms with Crippen LogP contribution in [0.5, 0.6) is 5.75 Å². The van der Waals surface area contributed by atoms with E-state index >= 15 is 0 Å². The molecule has 3 aromatic rings. The second-order valence-electron chi connectivity index (χ2n) is 10.5. The lowest BCUT2D eigenvalue weighted by Crippen LogP contribution is -2.58. The largest absolute Gasteiger partial charge is 0.508 e. The lowest BCUT2D eigenvalue weighted by Gasteiger charge is -2.26. The molecule has 0 spiro atoms. The van der Waals surface area contributed by atoms with Gasteiger partial charge in [-0.15, -0.1) is 0 Å². The molecule has 3 rings (SSSR count). The van der Waals surface area contributed by atoms with Gasteiger partial charge in [-0.3, -0.25) is 19.2 Å². The van der Waals surface area contributed by atoms with E-state index in [2.05, 4.69) is 20.9 Å². The zero-order valence-electron chi connectivity index (χ0n) is 23.9. The zero-order valence-corrected chi connectivity index (χ0v) is 23.9. The Morgan fingerprint density at radius 1 is 0.837 bits per heavy atom. The molecule has 0 aliphatic heterocycles. The van der Waals surface area contributed by atoms with Crippen LogP contribution in [0.15, 0.2) is 54.7 Å². The quantitative estimate of drug-likeness (QED) is 0.125. The predicted octanol–water partition coefficient (Wildman–Crippen LogP) is 1.05. The molecule has 0 fully saturated rings. The number of carbonyl (C=O) groups is 5. The maximum Gasteiger partial charge on any atom is 0.326 e. The standard InChI is InChI=1S/C30H37N5O8/c1-3-16(2)26(31)29(41)34-23(13-18-15-32-21-7-5-4-6-20(18)21)28(40)33-22(12-17-8-10-19(36)11-9-17)27(39)35-24(30(42)43)14-25(37)38/h4-11,15-16,22-24,26,32,36H,3,12-14,31H2,1-2H3,(H,33,40)(H,34,41)(H,35,39)(H,37,38)(H,42,43). The van der Waals surface area contributed by atoms with Gasteiger partial charge in [0.1, 0.15) is 23.9 Å². The highest BCUT2D eigenvalue weighted by molar-refractivity contribution is 5.95. The van der Waals surface area contributed by atoms with Gasteiger partial charge >= 0.3 is 11.9 Å². The Morgan fingerprint density at radius 3 is 2.02 bits per heavy atom. The van der Waals surface area contributed by atoms with Crippen LogP contribution in [-0.2, 0) is 36.8 Å². The van der Waals surface area contributed by atoms with Gasteiger partial charge in [-0.05, 0) is 35.2 Å². The fraction of sp³-hybridized carbons (Fsp3) is 0.367. The molecule has 0 saturated carbocycles. The summed E-state index contributed by atoms with van der Waals surface area (Å²) in [7, 11) is 0. The van der Waals surface area contributed by atoms with Crippen molar-refractivity contribution < 1.29 is 39.3 Å². The number of carboxylic acid groups (broad SMARTS) is 2. The number of fused-ring (bicyclic) bond motifs is 1. The third kappa shape index (κ3) is 9.04. The van der Waals surface area contributed by atoms with E-state index in [-0.39, 0.29) is 24.5 Å². The van der Waals surface area contributed by atoms with Crippen LogP contribution in [0.4, 0.5) is 0 Å². The van der Waals surface area contributed by atoms with Crippen LogP contribution < -0.4 is 21.7 Å². The molecule has 0 bridgehead atoms. The van der Waals surface area contributed by atoms with E-state index in [0.29, 0.717) is 12.0 Å². The van der Waals surface area contributed by atoms with Gasteiger partial charge in [0.25, 0.3) is 0 Å². The van der Waals surface area contributed by atoms with Gasteiger partial charge in [0.15, 0.2) is 0 Å². The summed E-state index contributed by atoms with van der Waals surface area (Å²) in [6.45, 7) is 3.70. The van der Waals surface area contributed by atoms with Gasteiger partial charge in [0, 0.05) is 29.9 Å². The molecule has 2 aromatic carbocycles. The monoisotopic (exact) mass is 595 g/mol. The normalized spacial score (nSPS) is 14.6. The Labute approximate surface area is 247 Å². The summed E-state index contributed by atoms with van der Waals surface area (Å²) in [4.78, 5) is 66.0. The molecule has 43 heavy (non-hydrogen) atoms. The highest BCUT2D eigenvalue weighted by Crippen LogP contribution is 2.20. The fourth-order valence-corrected chi connectivity index (χ4v) is 4.51. The highest BCUT2D eigenvalue weighted by Gasteiger charge is 2.32. The van der Waals surface area contributed by atoms with E-state index in [0.717, 1.165) is 16.5 Å². The van der Waals surface area contributed by atoms with Crippen molar-refractivity contribution in [3.8, 4) is 5.75 Å². The van der Waals surface area contributed by atoms with Gasteiger partial charge in [-0.25, -0.2) is 4.79 Å². The number of aromatic nitrogens is 1. The Bertz CT molecular complexity index is 1450. The minimum Gasteiger partial charge on any atom is -0.508 e. The molecule has 0 saturated heterocycles. The van der Waals surface area contributed by atoms with Crippen LogP contribution in [0.2, 0.25) is 0 Å². The number of phenols is 1. The van der Waals surface area contributed by atoms with Crippen LogP contribution in [0.3, 0.4) is 0 Å². The van der Waals surface area contributed by atoms with E-state index in [9.17, 15) is 34.2 Å². The van der Waals surface area contributed by atoms with Crippen LogP contribution >= 0.6 is 0 Å². The molecule has 5 atom stereocenters. The van der Waals surface area contributed by atoms with Crippen molar-refractivity contribution in [2.75, 3.05) is 0 Å². The summed E-state index contributed by atoms with van der Waals surface area (Å²) >= 11 is 0. The van der Waals surface area contributed by atoms with Crippen molar-refractivity contribution in [2.45, 2.75) is 63.7 Å². The number of aliphatic carboxylic acids is 2. The molecule has 5 unspecified atom stereocenters. The van der Waals surface area contributed by atoms with Crippen molar-refractivity contribution in [3.05, 3.63) is 65.9 Å². The number of H-pyrrole nitrogens is 1. The number of hydrogen-bond donors (Lipinski definition) is 8. The Balaban J connectivity index is 1.92. The molecule has 0 aliphatic carbocycles. The Hall–Kier alpha value is -4.91. The first-order chi connectivity index (χ1) is 20.4. The molecule has 1 aromatic heterocycles. The minimum atomic E-state index is -1.75. The molecule has 0 radical (unpaired) electrons. The Kier molecular flexibility index (Phi) is 11.2. The number of benzene rings is 2. The summed E-state index contributed by atoms with van der Waals surface area (Å²) in [5.74, 6) is -5.43. The lowest BCUT2D eigenvalue weighted by molar-refractivity contribution is -0.147. The number of nitrogens with one attached hydrogen (secondary N) is 4. The number of phenolic OH excluding ortho intramolecular Hbond substituents is 1.